The first-order valence-electron chi connectivity index (χ1n) is 6.31. The molecule has 0 aliphatic carbocycles. The number of ether oxygens (including phenoxy) is 1. The number of morpholine rings is 1. The van der Waals surface area contributed by atoms with Crippen LogP contribution in [0.4, 0.5) is 0 Å². The van der Waals surface area contributed by atoms with E-state index in [4.69, 9.17) is 4.74 Å². The largest absolute Gasteiger partial charge is 0.437 e. The highest BCUT2D eigenvalue weighted by Crippen LogP contribution is 2.42. The third kappa shape index (κ3) is 1.90. The minimum atomic E-state index is -0.373. The molecule has 0 aromatic heterocycles. The molecule has 1 aromatic carbocycles. The fourth-order valence-electron chi connectivity index (χ4n) is 3.03. The van der Waals surface area contributed by atoms with Gasteiger partial charge in [-0.25, -0.2) is 0 Å². The van der Waals surface area contributed by atoms with Crippen LogP contribution in [0.5, 0.6) is 0 Å². The summed E-state index contributed by atoms with van der Waals surface area (Å²) in [4.78, 5) is 2.15. The number of hydrogen-bond acceptors (Lipinski definition) is 3. The summed E-state index contributed by atoms with van der Waals surface area (Å²) in [5, 5.41) is 9.75. The molecule has 1 aromatic rings. The molecule has 2 aliphatic heterocycles. The average molecular weight is 231 g/mol. The molecule has 2 heterocycles. The van der Waals surface area contributed by atoms with E-state index in [1.807, 2.05) is 6.82 Å². The van der Waals surface area contributed by atoms with Crippen LogP contribution >= 0.6 is 0 Å². The lowest BCUT2D eigenvalue weighted by Crippen LogP contribution is -2.46. The van der Waals surface area contributed by atoms with Crippen molar-refractivity contribution in [3.63, 3.8) is 0 Å². The molecule has 0 spiro atoms. The van der Waals surface area contributed by atoms with Gasteiger partial charge in [-0.2, -0.15) is 0 Å². The fraction of sp³-hybridized carbons (Fsp3) is 0.538. The molecule has 3 atom stereocenters. The first-order valence-corrected chi connectivity index (χ1v) is 6.31. The predicted molar refractivity (Wildman–Crippen MR) is 67.7 cm³/mol. The molecule has 1 N–H and O–H groups in total. The van der Waals surface area contributed by atoms with Crippen LogP contribution in [0.3, 0.4) is 0 Å². The van der Waals surface area contributed by atoms with Gasteiger partial charge in [0.25, 0.3) is 0 Å². The highest BCUT2D eigenvalue weighted by Gasteiger charge is 2.48. The summed E-state index contributed by atoms with van der Waals surface area (Å²) in [6, 6.07) is 8.86. The Hall–Kier alpha value is -0.835. The minimum absolute atomic E-state index is 0.129. The Kier molecular flexibility index (Phi) is 2.73. The predicted octanol–water partition coefficient (Wildman–Crippen LogP) is 1.62. The molecule has 2 saturated heterocycles. The summed E-state index contributed by atoms with van der Waals surface area (Å²) < 4.78 is 6.01. The maximum Gasteiger partial charge on any atom is 0.376 e. The second kappa shape index (κ2) is 4.12. The first kappa shape index (κ1) is 11.3. The van der Waals surface area contributed by atoms with E-state index in [-0.39, 0.29) is 13.2 Å². The molecule has 17 heavy (non-hydrogen) atoms. The maximum atomic E-state index is 9.75. The average Bonchev–Trinajstić information content (AvgIpc) is 2.89. The van der Waals surface area contributed by atoms with Crippen LogP contribution in [-0.4, -0.2) is 35.6 Å². The first-order chi connectivity index (χ1) is 8.15. The third-order valence-corrected chi connectivity index (χ3v) is 3.92. The van der Waals surface area contributed by atoms with Gasteiger partial charge in [-0.15, -0.1) is 0 Å². The van der Waals surface area contributed by atoms with Crippen LogP contribution in [0.15, 0.2) is 24.3 Å². The van der Waals surface area contributed by atoms with Crippen LogP contribution in [-0.2, 0) is 4.74 Å². The SMILES string of the molecule is CB(O)N1CC2CC1C(c1ccc(C)cc1)O2. The van der Waals surface area contributed by atoms with Gasteiger partial charge in [0.15, 0.2) is 0 Å². The monoisotopic (exact) mass is 231 g/mol. The summed E-state index contributed by atoms with van der Waals surface area (Å²) >= 11 is 0. The van der Waals surface area contributed by atoms with E-state index in [1.54, 1.807) is 0 Å². The zero-order valence-corrected chi connectivity index (χ0v) is 10.3. The van der Waals surface area contributed by atoms with Crippen LogP contribution in [0.25, 0.3) is 0 Å². The summed E-state index contributed by atoms with van der Waals surface area (Å²) in [5.41, 5.74) is 2.50. The number of nitrogens with zero attached hydrogens (tertiary/aromatic N) is 1. The standard InChI is InChI=1S/C13H18BNO2/c1-9-3-5-10(6-4-9)13-12-7-11(17-13)8-15(12)14(2)16/h3-6,11-13,16H,7-8H2,1-2H3. The van der Waals surface area contributed by atoms with Gasteiger partial charge in [-0.1, -0.05) is 29.8 Å². The topological polar surface area (TPSA) is 32.7 Å². The molecule has 3 rings (SSSR count). The van der Waals surface area contributed by atoms with E-state index >= 15 is 0 Å². The molecule has 2 bridgehead atoms. The number of hydrogen-bond donors (Lipinski definition) is 1. The lowest BCUT2D eigenvalue weighted by molar-refractivity contribution is -0.0152. The van der Waals surface area contributed by atoms with Crippen LogP contribution < -0.4 is 0 Å². The zero-order chi connectivity index (χ0) is 12.0. The molecule has 3 nitrogen and oxygen atoms in total. The molecule has 0 saturated carbocycles. The van der Waals surface area contributed by atoms with Crippen molar-refractivity contribution in [2.45, 2.75) is 38.4 Å². The zero-order valence-electron chi connectivity index (χ0n) is 10.3. The van der Waals surface area contributed by atoms with Crippen LogP contribution in [0, 0.1) is 6.92 Å². The maximum absolute atomic E-state index is 9.75. The molecule has 0 amide bonds. The normalized spacial score (nSPS) is 32.1. The van der Waals surface area contributed by atoms with E-state index in [2.05, 4.69) is 36.0 Å². The quantitative estimate of drug-likeness (QED) is 0.785. The number of fused-ring (bicyclic) bond motifs is 2. The molecule has 2 aliphatic rings. The Labute approximate surface area is 103 Å². The van der Waals surface area contributed by atoms with Crippen LogP contribution in [0.2, 0.25) is 6.82 Å². The van der Waals surface area contributed by atoms with Crippen molar-refractivity contribution < 1.29 is 9.76 Å². The van der Waals surface area contributed by atoms with Gasteiger partial charge < -0.3 is 14.6 Å². The van der Waals surface area contributed by atoms with Crippen molar-refractivity contribution in [3.05, 3.63) is 35.4 Å². The summed E-state index contributed by atoms with van der Waals surface area (Å²) in [7, 11) is -0.373. The van der Waals surface area contributed by atoms with Crippen molar-refractivity contribution in [2.75, 3.05) is 6.54 Å². The molecule has 90 valence electrons. The van der Waals surface area contributed by atoms with Crippen molar-refractivity contribution in [2.24, 2.45) is 0 Å². The summed E-state index contributed by atoms with van der Waals surface area (Å²) in [6.07, 6.45) is 1.47. The van der Waals surface area contributed by atoms with E-state index in [0.717, 1.165) is 13.0 Å². The van der Waals surface area contributed by atoms with Crippen molar-refractivity contribution in [1.82, 2.24) is 4.81 Å². The van der Waals surface area contributed by atoms with Crippen molar-refractivity contribution in [3.8, 4) is 0 Å². The highest BCUT2D eigenvalue weighted by atomic mass is 16.5. The van der Waals surface area contributed by atoms with Gasteiger partial charge >= 0.3 is 7.05 Å². The second-order valence-corrected chi connectivity index (χ2v) is 5.22. The van der Waals surface area contributed by atoms with Crippen LogP contribution in [0.1, 0.15) is 23.7 Å². The molecular weight excluding hydrogens is 213 g/mol. The minimum Gasteiger partial charge on any atom is -0.437 e. The third-order valence-electron chi connectivity index (χ3n) is 3.92. The number of rotatable bonds is 2. The Morgan fingerprint density at radius 3 is 2.65 bits per heavy atom. The Bertz CT molecular complexity index is 406. The van der Waals surface area contributed by atoms with Gasteiger partial charge in [-0.05, 0) is 25.7 Å². The summed E-state index contributed by atoms with van der Waals surface area (Å²) in [6.45, 7) is 4.80. The Morgan fingerprint density at radius 1 is 1.35 bits per heavy atom. The van der Waals surface area contributed by atoms with E-state index < -0.39 is 0 Å². The molecular formula is C13H18BNO2. The molecule has 3 unspecified atom stereocenters. The highest BCUT2D eigenvalue weighted by molar-refractivity contribution is 6.45. The van der Waals surface area contributed by atoms with Crippen molar-refractivity contribution >= 4 is 7.05 Å². The van der Waals surface area contributed by atoms with E-state index in [0.29, 0.717) is 12.1 Å². The van der Waals surface area contributed by atoms with Crippen molar-refractivity contribution in [1.29, 1.82) is 0 Å². The van der Waals surface area contributed by atoms with Gasteiger partial charge in [0.1, 0.15) is 0 Å². The second-order valence-electron chi connectivity index (χ2n) is 5.22. The van der Waals surface area contributed by atoms with Gasteiger partial charge in [-0.3, -0.25) is 0 Å². The number of benzene rings is 1. The Morgan fingerprint density at radius 2 is 2.06 bits per heavy atom. The lowest BCUT2D eigenvalue weighted by atomic mass is 9.82. The van der Waals surface area contributed by atoms with Gasteiger partial charge in [0, 0.05) is 12.6 Å². The molecule has 4 heteroatoms. The molecule has 0 radical (unpaired) electrons. The Balaban J connectivity index is 1.83. The van der Waals surface area contributed by atoms with E-state index in [1.165, 1.54) is 11.1 Å². The summed E-state index contributed by atoms with van der Waals surface area (Å²) in [5.74, 6) is 0. The fourth-order valence-corrected chi connectivity index (χ4v) is 3.03. The smallest absolute Gasteiger partial charge is 0.376 e. The molecule has 2 fully saturated rings. The number of aryl methyl sites for hydroxylation is 1. The lowest BCUT2D eigenvalue weighted by Gasteiger charge is -2.34. The van der Waals surface area contributed by atoms with Gasteiger partial charge in [0.2, 0.25) is 0 Å². The van der Waals surface area contributed by atoms with Gasteiger partial charge in [0.05, 0.1) is 12.2 Å². The van der Waals surface area contributed by atoms with E-state index in [9.17, 15) is 5.02 Å².